The first kappa shape index (κ1) is 15.1. The van der Waals surface area contributed by atoms with Crippen LogP contribution in [-0.4, -0.2) is 29.9 Å². The van der Waals surface area contributed by atoms with E-state index in [2.05, 4.69) is 37.4 Å². The molecule has 4 nitrogen and oxygen atoms in total. The lowest BCUT2D eigenvalue weighted by atomic mass is 9.94. The molecule has 4 heteroatoms. The molecule has 1 aliphatic heterocycles. The summed E-state index contributed by atoms with van der Waals surface area (Å²) in [5.74, 6) is 1.61. The molecule has 1 fully saturated rings. The molecule has 2 atom stereocenters. The quantitative estimate of drug-likeness (QED) is 0.947. The number of carbonyl (C=O) groups excluding carboxylic acids is 1. The van der Waals surface area contributed by atoms with Crippen molar-refractivity contribution in [3.63, 3.8) is 0 Å². The second-order valence-corrected chi connectivity index (χ2v) is 6.47. The molecule has 22 heavy (non-hydrogen) atoms. The molecule has 1 N–H and O–H groups in total. The molecule has 0 bridgehead atoms. The molecule has 3 rings (SSSR count). The molecule has 1 aromatic carbocycles. The third-order valence-corrected chi connectivity index (χ3v) is 4.61. The van der Waals surface area contributed by atoms with Crippen molar-refractivity contribution >= 4 is 16.9 Å². The highest BCUT2D eigenvalue weighted by molar-refractivity contribution is 5.78. The van der Waals surface area contributed by atoms with Gasteiger partial charge < -0.3 is 14.6 Å². The molecule has 1 aliphatic rings. The Morgan fingerprint density at radius 1 is 1.41 bits per heavy atom. The molecule has 0 saturated carbocycles. The van der Waals surface area contributed by atoms with Gasteiger partial charge in [-0.3, -0.25) is 4.79 Å². The Hall–Kier alpha value is -1.81. The van der Waals surface area contributed by atoms with Crippen molar-refractivity contribution in [3.05, 3.63) is 35.6 Å². The van der Waals surface area contributed by atoms with Crippen molar-refractivity contribution in [1.82, 2.24) is 10.2 Å². The molecule has 0 radical (unpaired) electrons. The lowest BCUT2D eigenvalue weighted by molar-refractivity contribution is -0.130. The summed E-state index contributed by atoms with van der Waals surface area (Å²) in [6.45, 7) is 8.37. The van der Waals surface area contributed by atoms with Gasteiger partial charge in [0.25, 0.3) is 0 Å². The first-order chi connectivity index (χ1) is 10.5. The van der Waals surface area contributed by atoms with Crippen LogP contribution in [0.4, 0.5) is 0 Å². The van der Waals surface area contributed by atoms with Gasteiger partial charge in [-0.25, -0.2) is 0 Å². The number of nitrogens with one attached hydrogen (secondary N) is 1. The highest BCUT2D eigenvalue weighted by Crippen LogP contribution is 2.22. The van der Waals surface area contributed by atoms with Crippen LogP contribution in [0.15, 0.2) is 28.7 Å². The van der Waals surface area contributed by atoms with Gasteiger partial charge in [0, 0.05) is 31.4 Å². The van der Waals surface area contributed by atoms with Crippen molar-refractivity contribution in [2.45, 2.75) is 39.8 Å². The standard InChI is InChI=1S/C18H24N2O2/c1-12-4-5-18-15(8-12)9-16(22-18)10-19-17-6-7-20(14(3)21)11-13(17)2/h4-5,8-9,13,17,19H,6-7,10-11H2,1-3H3. The largest absolute Gasteiger partial charge is 0.460 e. The maximum absolute atomic E-state index is 11.4. The van der Waals surface area contributed by atoms with E-state index in [1.54, 1.807) is 6.92 Å². The average molecular weight is 300 g/mol. The Morgan fingerprint density at radius 3 is 2.95 bits per heavy atom. The minimum atomic E-state index is 0.179. The first-order valence-corrected chi connectivity index (χ1v) is 8.01. The second-order valence-electron chi connectivity index (χ2n) is 6.47. The number of furan rings is 1. The topological polar surface area (TPSA) is 45.5 Å². The molecule has 0 aliphatic carbocycles. The number of nitrogens with zero attached hydrogens (tertiary/aromatic N) is 1. The highest BCUT2D eigenvalue weighted by Gasteiger charge is 2.26. The van der Waals surface area contributed by atoms with Crippen LogP contribution < -0.4 is 5.32 Å². The average Bonchev–Trinajstić information content (AvgIpc) is 2.87. The van der Waals surface area contributed by atoms with Gasteiger partial charge in [-0.1, -0.05) is 18.6 Å². The number of benzene rings is 1. The van der Waals surface area contributed by atoms with Gasteiger partial charge in [0.15, 0.2) is 0 Å². The van der Waals surface area contributed by atoms with E-state index < -0.39 is 0 Å². The number of aryl methyl sites for hydroxylation is 1. The van der Waals surface area contributed by atoms with Crippen molar-refractivity contribution < 1.29 is 9.21 Å². The summed E-state index contributed by atoms with van der Waals surface area (Å²) in [6, 6.07) is 8.80. The third kappa shape index (κ3) is 3.17. The van der Waals surface area contributed by atoms with Gasteiger partial charge in [0.1, 0.15) is 11.3 Å². The van der Waals surface area contributed by atoms with Gasteiger partial charge in [0.2, 0.25) is 5.91 Å². The summed E-state index contributed by atoms with van der Waals surface area (Å²) in [5.41, 5.74) is 2.19. The fraction of sp³-hybridized carbons (Fsp3) is 0.500. The van der Waals surface area contributed by atoms with Crippen LogP contribution in [0.2, 0.25) is 0 Å². The Kier molecular flexibility index (Phi) is 4.21. The van der Waals surface area contributed by atoms with E-state index in [1.807, 2.05) is 11.0 Å². The van der Waals surface area contributed by atoms with Crippen LogP contribution in [0.1, 0.15) is 31.6 Å². The zero-order chi connectivity index (χ0) is 15.7. The number of likely N-dealkylation sites (tertiary alicyclic amines) is 1. The van der Waals surface area contributed by atoms with Crippen molar-refractivity contribution in [2.24, 2.45) is 5.92 Å². The minimum Gasteiger partial charge on any atom is -0.460 e. The van der Waals surface area contributed by atoms with E-state index in [1.165, 1.54) is 5.56 Å². The molecule has 1 amide bonds. The van der Waals surface area contributed by atoms with Crippen LogP contribution >= 0.6 is 0 Å². The summed E-state index contributed by atoms with van der Waals surface area (Å²) < 4.78 is 5.88. The third-order valence-electron chi connectivity index (χ3n) is 4.61. The molecule has 2 unspecified atom stereocenters. The van der Waals surface area contributed by atoms with E-state index in [4.69, 9.17) is 4.42 Å². The predicted octanol–water partition coefficient (Wildman–Crippen LogP) is 3.09. The van der Waals surface area contributed by atoms with Crippen molar-refractivity contribution in [1.29, 1.82) is 0 Å². The summed E-state index contributed by atoms with van der Waals surface area (Å²) in [6.07, 6.45) is 1.00. The van der Waals surface area contributed by atoms with Gasteiger partial charge in [-0.15, -0.1) is 0 Å². The Bertz CT molecular complexity index is 677. The lowest BCUT2D eigenvalue weighted by Crippen LogP contribution is -2.49. The number of amides is 1. The minimum absolute atomic E-state index is 0.179. The van der Waals surface area contributed by atoms with Gasteiger partial charge in [-0.2, -0.15) is 0 Å². The molecule has 2 aromatic rings. The molecule has 118 valence electrons. The van der Waals surface area contributed by atoms with Crippen molar-refractivity contribution in [2.75, 3.05) is 13.1 Å². The van der Waals surface area contributed by atoms with Crippen molar-refractivity contribution in [3.8, 4) is 0 Å². The Balaban J connectivity index is 1.61. The molecular formula is C18H24N2O2. The number of rotatable bonds is 3. The summed E-state index contributed by atoms with van der Waals surface area (Å²) in [7, 11) is 0. The SMILES string of the molecule is CC(=O)N1CCC(NCc2cc3cc(C)ccc3o2)C(C)C1. The lowest BCUT2D eigenvalue weighted by Gasteiger charge is -2.36. The Morgan fingerprint density at radius 2 is 2.23 bits per heavy atom. The summed E-state index contributed by atoms with van der Waals surface area (Å²) in [5, 5.41) is 4.75. The fourth-order valence-electron chi connectivity index (χ4n) is 3.27. The van der Waals surface area contributed by atoms with E-state index in [-0.39, 0.29) is 5.91 Å². The van der Waals surface area contributed by atoms with Gasteiger partial charge in [0.05, 0.1) is 6.54 Å². The number of hydrogen-bond donors (Lipinski definition) is 1. The maximum Gasteiger partial charge on any atom is 0.219 e. The second kappa shape index (κ2) is 6.13. The summed E-state index contributed by atoms with van der Waals surface area (Å²) in [4.78, 5) is 13.4. The van der Waals surface area contributed by atoms with Gasteiger partial charge >= 0.3 is 0 Å². The Labute approximate surface area is 131 Å². The zero-order valence-electron chi connectivity index (χ0n) is 13.6. The van der Waals surface area contributed by atoms with E-state index in [0.717, 1.165) is 42.8 Å². The van der Waals surface area contributed by atoms with Crippen LogP contribution in [0, 0.1) is 12.8 Å². The summed E-state index contributed by atoms with van der Waals surface area (Å²) >= 11 is 0. The van der Waals surface area contributed by atoms with Crippen LogP contribution in [-0.2, 0) is 11.3 Å². The van der Waals surface area contributed by atoms with Crippen LogP contribution in [0.25, 0.3) is 11.0 Å². The number of carbonyl (C=O) groups is 1. The van der Waals surface area contributed by atoms with E-state index in [9.17, 15) is 4.79 Å². The van der Waals surface area contributed by atoms with Crippen LogP contribution in [0.5, 0.6) is 0 Å². The highest BCUT2D eigenvalue weighted by atomic mass is 16.3. The fourth-order valence-corrected chi connectivity index (χ4v) is 3.27. The normalized spacial score (nSPS) is 22.2. The predicted molar refractivity (Wildman–Crippen MR) is 87.6 cm³/mol. The molecule has 1 aromatic heterocycles. The first-order valence-electron chi connectivity index (χ1n) is 8.01. The van der Waals surface area contributed by atoms with Crippen LogP contribution in [0.3, 0.4) is 0 Å². The smallest absolute Gasteiger partial charge is 0.219 e. The molecular weight excluding hydrogens is 276 g/mol. The van der Waals surface area contributed by atoms with Gasteiger partial charge in [-0.05, 0) is 37.5 Å². The molecule has 2 heterocycles. The maximum atomic E-state index is 11.4. The molecule has 1 saturated heterocycles. The van der Waals surface area contributed by atoms with E-state index in [0.29, 0.717) is 12.0 Å². The monoisotopic (exact) mass is 300 g/mol. The molecule has 0 spiro atoms. The number of fused-ring (bicyclic) bond motifs is 1. The zero-order valence-corrected chi connectivity index (χ0v) is 13.6. The van der Waals surface area contributed by atoms with E-state index >= 15 is 0 Å². The number of piperidine rings is 1. The number of hydrogen-bond acceptors (Lipinski definition) is 3.